The second-order valence-corrected chi connectivity index (χ2v) is 12.9. The van der Waals surface area contributed by atoms with Gasteiger partial charge in [-0.3, -0.25) is 0 Å². The van der Waals surface area contributed by atoms with Crippen LogP contribution in [0.5, 0.6) is 0 Å². The summed E-state index contributed by atoms with van der Waals surface area (Å²) < 4.78 is 0. The van der Waals surface area contributed by atoms with Crippen LogP contribution in [0.4, 0.5) is 0 Å². The van der Waals surface area contributed by atoms with Gasteiger partial charge in [0.2, 0.25) is 0 Å². The van der Waals surface area contributed by atoms with E-state index >= 15 is 0 Å². The lowest BCUT2D eigenvalue weighted by atomic mass is 9.47. The molecule has 0 amide bonds. The number of aliphatic hydroxyl groups is 3. The van der Waals surface area contributed by atoms with Crippen LogP contribution in [0, 0.1) is 46.3 Å². The van der Waals surface area contributed by atoms with Crippen molar-refractivity contribution >= 4 is 0 Å². The topological polar surface area (TPSA) is 60.7 Å². The summed E-state index contributed by atoms with van der Waals surface area (Å²) in [4.78, 5) is 0. The first-order chi connectivity index (χ1) is 14.5. The van der Waals surface area contributed by atoms with Gasteiger partial charge in [-0.15, -0.1) is 0 Å². The summed E-state index contributed by atoms with van der Waals surface area (Å²) in [6.45, 7) is 11.3. The Labute approximate surface area is 190 Å². The Morgan fingerprint density at radius 3 is 2.52 bits per heavy atom. The largest absolute Gasteiger partial charge is 0.393 e. The van der Waals surface area contributed by atoms with Crippen LogP contribution in [0.1, 0.15) is 98.8 Å². The lowest BCUT2D eigenvalue weighted by molar-refractivity contribution is -0.0610. The lowest BCUT2D eigenvalue weighted by Gasteiger charge is -2.58. The van der Waals surface area contributed by atoms with Crippen LogP contribution in [-0.4, -0.2) is 33.6 Å². The first-order valence-electron chi connectivity index (χ1n) is 13.2. The number of aliphatic hydroxyl groups excluding tert-OH is 2. The smallest absolute Gasteiger partial charge is 0.0874 e. The van der Waals surface area contributed by atoms with Crippen LogP contribution < -0.4 is 0 Å². The third-order valence-corrected chi connectivity index (χ3v) is 11.3. The predicted octanol–water partition coefficient (Wildman–Crippen LogP) is 5.72. The molecule has 4 aliphatic rings. The van der Waals surface area contributed by atoms with E-state index in [1.165, 1.54) is 38.5 Å². The number of allylic oxidation sites excluding steroid dienone is 1. The van der Waals surface area contributed by atoms with E-state index in [2.05, 4.69) is 33.8 Å². The standard InChI is InChI=1S/C28H48O3/c1-18(6-7-19(2)28(5,31)17-29)23-10-11-24-22-9-8-20-16-21(30)12-14-26(20,3)25(22)13-15-27(23,24)4/h8,18-19,21-25,29-31H,6-7,9-17H2,1-5H3/t18-,19+,21+,22+,23-,24+,25+,26+,27-,28+/m1/s1. The Morgan fingerprint density at radius 1 is 1.06 bits per heavy atom. The Kier molecular flexibility index (Phi) is 6.47. The maximum Gasteiger partial charge on any atom is 0.0874 e. The van der Waals surface area contributed by atoms with Gasteiger partial charge in [0.15, 0.2) is 0 Å². The van der Waals surface area contributed by atoms with Gasteiger partial charge in [0.1, 0.15) is 0 Å². The Morgan fingerprint density at radius 2 is 1.81 bits per heavy atom. The third kappa shape index (κ3) is 3.95. The van der Waals surface area contributed by atoms with Gasteiger partial charge in [0.05, 0.1) is 18.3 Å². The highest BCUT2D eigenvalue weighted by Gasteiger charge is 2.59. The highest BCUT2D eigenvalue weighted by atomic mass is 16.3. The molecule has 10 atom stereocenters. The fraction of sp³-hybridized carbons (Fsp3) is 0.929. The van der Waals surface area contributed by atoms with Gasteiger partial charge in [0, 0.05) is 0 Å². The molecule has 178 valence electrons. The maximum absolute atomic E-state index is 10.4. The molecule has 4 rings (SSSR count). The Balaban J connectivity index is 1.46. The van der Waals surface area contributed by atoms with E-state index in [-0.39, 0.29) is 18.6 Å². The van der Waals surface area contributed by atoms with Crippen LogP contribution in [0.2, 0.25) is 0 Å². The summed E-state index contributed by atoms with van der Waals surface area (Å²) >= 11 is 0. The fourth-order valence-corrected chi connectivity index (χ4v) is 8.80. The number of fused-ring (bicyclic) bond motifs is 5. The number of rotatable bonds is 6. The zero-order valence-electron chi connectivity index (χ0n) is 20.7. The van der Waals surface area contributed by atoms with Gasteiger partial charge in [-0.2, -0.15) is 0 Å². The molecule has 3 fully saturated rings. The summed E-state index contributed by atoms with van der Waals surface area (Å²) in [5, 5.41) is 30.1. The average molecular weight is 433 g/mol. The van der Waals surface area contributed by atoms with Gasteiger partial charge >= 0.3 is 0 Å². The van der Waals surface area contributed by atoms with E-state index in [9.17, 15) is 15.3 Å². The van der Waals surface area contributed by atoms with E-state index in [0.717, 1.165) is 49.4 Å². The molecule has 0 bridgehead atoms. The normalized spacial score (nSPS) is 46.2. The van der Waals surface area contributed by atoms with E-state index < -0.39 is 5.60 Å². The van der Waals surface area contributed by atoms with Crippen molar-refractivity contribution in [3.8, 4) is 0 Å². The monoisotopic (exact) mass is 432 g/mol. The molecular formula is C28H48O3. The van der Waals surface area contributed by atoms with Crippen LogP contribution >= 0.6 is 0 Å². The summed E-state index contributed by atoms with van der Waals surface area (Å²) in [5.41, 5.74) is 1.40. The van der Waals surface area contributed by atoms with Crippen LogP contribution in [-0.2, 0) is 0 Å². The minimum Gasteiger partial charge on any atom is -0.393 e. The Bertz CT molecular complexity index is 684. The van der Waals surface area contributed by atoms with Gasteiger partial charge in [-0.25, -0.2) is 0 Å². The molecule has 0 aromatic heterocycles. The van der Waals surface area contributed by atoms with E-state index in [1.807, 2.05) is 0 Å². The summed E-state index contributed by atoms with van der Waals surface area (Å²) in [6.07, 6.45) is 14.4. The van der Waals surface area contributed by atoms with E-state index in [1.54, 1.807) is 12.5 Å². The SMILES string of the molecule is C[C@H](CC[C@H](C)[C@@](C)(O)CO)[C@H]1CC[C@H]2[C@@H]3CC=C4C[C@@H](O)CC[C@]4(C)[C@H]3CC[C@]12C. The van der Waals surface area contributed by atoms with Gasteiger partial charge in [0.25, 0.3) is 0 Å². The quantitative estimate of drug-likeness (QED) is 0.470. The zero-order chi connectivity index (χ0) is 22.6. The molecule has 3 heteroatoms. The highest BCUT2D eigenvalue weighted by Crippen LogP contribution is 2.67. The van der Waals surface area contributed by atoms with Crippen molar-refractivity contribution in [3.05, 3.63) is 11.6 Å². The van der Waals surface area contributed by atoms with Gasteiger partial charge in [-0.05, 0) is 111 Å². The molecule has 0 spiro atoms. The van der Waals surface area contributed by atoms with Crippen LogP contribution in [0.15, 0.2) is 11.6 Å². The number of hydrogen-bond donors (Lipinski definition) is 3. The van der Waals surface area contributed by atoms with E-state index in [4.69, 9.17) is 0 Å². The molecule has 0 unspecified atom stereocenters. The minimum atomic E-state index is -0.963. The van der Waals surface area contributed by atoms with Gasteiger partial charge < -0.3 is 15.3 Å². The van der Waals surface area contributed by atoms with Crippen molar-refractivity contribution in [3.63, 3.8) is 0 Å². The third-order valence-electron chi connectivity index (χ3n) is 11.3. The molecule has 0 aromatic carbocycles. The van der Waals surface area contributed by atoms with Crippen molar-refractivity contribution in [1.29, 1.82) is 0 Å². The van der Waals surface area contributed by atoms with Crippen LogP contribution in [0.25, 0.3) is 0 Å². The van der Waals surface area contributed by atoms with Crippen molar-refractivity contribution < 1.29 is 15.3 Å². The lowest BCUT2D eigenvalue weighted by Crippen LogP contribution is -2.50. The molecule has 3 nitrogen and oxygen atoms in total. The molecule has 4 aliphatic carbocycles. The fourth-order valence-electron chi connectivity index (χ4n) is 8.80. The van der Waals surface area contributed by atoms with Crippen molar-refractivity contribution in [1.82, 2.24) is 0 Å². The number of hydrogen-bond acceptors (Lipinski definition) is 3. The molecular weight excluding hydrogens is 384 g/mol. The maximum atomic E-state index is 10.4. The second-order valence-electron chi connectivity index (χ2n) is 12.9. The zero-order valence-corrected chi connectivity index (χ0v) is 20.7. The molecule has 3 saturated carbocycles. The molecule has 0 aliphatic heterocycles. The molecule has 0 radical (unpaired) electrons. The molecule has 0 aromatic rings. The summed E-state index contributed by atoms with van der Waals surface area (Å²) in [6, 6.07) is 0. The van der Waals surface area contributed by atoms with Crippen LogP contribution in [0.3, 0.4) is 0 Å². The molecule has 0 heterocycles. The summed E-state index contributed by atoms with van der Waals surface area (Å²) in [5.74, 6) is 4.08. The second kappa shape index (κ2) is 8.44. The minimum absolute atomic E-state index is 0.115. The summed E-state index contributed by atoms with van der Waals surface area (Å²) in [7, 11) is 0. The van der Waals surface area contributed by atoms with Crippen molar-refractivity contribution in [2.75, 3.05) is 6.61 Å². The van der Waals surface area contributed by atoms with Crippen molar-refractivity contribution in [2.45, 2.75) is 111 Å². The molecule has 3 N–H and O–H groups in total. The average Bonchev–Trinajstić information content (AvgIpc) is 3.09. The Hall–Kier alpha value is -0.380. The molecule has 0 saturated heterocycles. The highest BCUT2D eigenvalue weighted by molar-refractivity contribution is 5.25. The van der Waals surface area contributed by atoms with E-state index in [0.29, 0.717) is 16.7 Å². The van der Waals surface area contributed by atoms with Gasteiger partial charge in [-0.1, -0.05) is 45.8 Å². The molecule has 31 heavy (non-hydrogen) atoms. The first-order valence-corrected chi connectivity index (χ1v) is 13.2. The van der Waals surface area contributed by atoms with Crippen molar-refractivity contribution in [2.24, 2.45) is 46.3 Å². The predicted molar refractivity (Wildman–Crippen MR) is 126 cm³/mol. The first kappa shape index (κ1) is 23.8.